The maximum atomic E-state index is 13.8. The normalized spacial score (nSPS) is 16.6. The van der Waals surface area contributed by atoms with E-state index in [-0.39, 0.29) is 59.1 Å². The molecule has 0 unspecified atom stereocenters. The quantitative estimate of drug-likeness (QED) is 0.132. The van der Waals surface area contributed by atoms with Crippen LogP contribution >= 0.6 is 0 Å². The molecule has 2 amide bonds. The topological polar surface area (TPSA) is 127 Å². The Kier molecular flexibility index (Phi) is 11.0. The van der Waals surface area contributed by atoms with Crippen LogP contribution in [0.25, 0.3) is 10.8 Å². The third-order valence-corrected chi connectivity index (χ3v) is 9.74. The van der Waals surface area contributed by atoms with Crippen LogP contribution in [-0.2, 0) is 22.7 Å². The van der Waals surface area contributed by atoms with Crippen LogP contribution in [0.5, 0.6) is 11.5 Å². The number of nitrogens with one attached hydrogen (secondary N) is 2. The maximum absolute atomic E-state index is 13.8. The molecule has 2 N–H and O–H groups in total. The number of anilines is 1. The van der Waals surface area contributed by atoms with Gasteiger partial charge in [-0.05, 0) is 97.3 Å². The SMILES string of the molecule is COc1cc(C#N)c(O[C@H]2CC[C@@](C)(C(=O)OCc3cccc4ccccc34)CC2)cc1C(=O)Nc1cc(C)ccc1C(=O)NCc1cccc(F)c1. The Morgan fingerprint density at radius 3 is 2.40 bits per heavy atom. The largest absolute Gasteiger partial charge is 0.496 e. The third-order valence-electron chi connectivity index (χ3n) is 9.74. The van der Waals surface area contributed by atoms with Gasteiger partial charge >= 0.3 is 5.97 Å². The van der Waals surface area contributed by atoms with E-state index in [1.165, 1.54) is 31.4 Å². The summed E-state index contributed by atoms with van der Waals surface area (Å²) in [5.41, 5.74) is 2.42. The number of carbonyl (C=O) groups excluding carboxylic acids is 3. The second kappa shape index (κ2) is 16.0. The minimum absolute atomic E-state index is 0.0919. The van der Waals surface area contributed by atoms with Gasteiger partial charge in [0.25, 0.3) is 11.8 Å². The monoisotopic (exact) mass is 713 g/mol. The third kappa shape index (κ3) is 8.47. The van der Waals surface area contributed by atoms with Crippen LogP contribution in [0.3, 0.4) is 0 Å². The number of ether oxygens (including phenoxy) is 3. The fourth-order valence-corrected chi connectivity index (χ4v) is 6.63. The molecule has 5 aromatic rings. The lowest BCUT2D eigenvalue weighted by Gasteiger charge is -2.35. The van der Waals surface area contributed by atoms with E-state index in [1.807, 2.05) is 56.3 Å². The zero-order chi connectivity index (χ0) is 37.5. The molecule has 0 saturated heterocycles. The fraction of sp³-hybridized carbons (Fsp3) is 0.256. The molecule has 0 aliphatic heterocycles. The second-order valence-corrected chi connectivity index (χ2v) is 13.6. The molecule has 6 rings (SSSR count). The number of methoxy groups -OCH3 is 1. The number of hydrogen-bond acceptors (Lipinski definition) is 7. The average Bonchev–Trinajstić information content (AvgIpc) is 3.16. The first-order valence-corrected chi connectivity index (χ1v) is 17.4. The molecule has 0 aromatic heterocycles. The van der Waals surface area contributed by atoms with Crippen LogP contribution in [0.15, 0.2) is 97.1 Å². The van der Waals surface area contributed by atoms with Crippen molar-refractivity contribution in [2.24, 2.45) is 5.41 Å². The van der Waals surface area contributed by atoms with E-state index in [0.29, 0.717) is 31.2 Å². The van der Waals surface area contributed by atoms with Gasteiger partial charge in [-0.2, -0.15) is 5.26 Å². The number of rotatable bonds is 11. The summed E-state index contributed by atoms with van der Waals surface area (Å²) < 4.78 is 31.3. The molecule has 0 bridgehead atoms. The predicted octanol–water partition coefficient (Wildman–Crippen LogP) is 8.42. The van der Waals surface area contributed by atoms with E-state index in [1.54, 1.807) is 30.3 Å². The smallest absolute Gasteiger partial charge is 0.312 e. The number of benzene rings is 5. The molecule has 10 heteroatoms. The van der Waals surface area contributed by atoms with Crippen molar-refractivity contribution in [2.45, 2.75) is 58.8 Å². The van der Waals surface area contributed by atoms with Crippen molar-refractivity contribution in [2.75, 3.05) is 12.4 Å². The summed E-state index contributed by atoms with van der Waals surface area (Å²) in [7, 11) is 1.40. The summed E-state index contributed by atoms with van der Waals surface area (Å²) in [5.74, 6) is -1.34. The minimum atomic E-state index is -0.692. The van der Waals surface area contributed by atoms with E-state index in [2.05, 4.69) is 16.7 Å². The minimum Gasteiger partial charge on any atom is -0.496 e. The Labute approximate surface area is 307 Å². The van der Waals surface area contributed by atoms with Crippen LogP contribution in [0, 0.1) is 29.5 Å². The van der Waals surface area contributed by atoms with Crippen molar-refractivity contribution in [1.29, 1.82) is 5.26 Å². The molecule has 0 heterocycles. The Balaban J connectivity index is 1.12. The first kappa shape index (κ1) is 36.6. The Morgan fingerprint density at radius 1 is 0.887 bits per heavy atom. The Morgan fingerprint density at radius 2 is 1.64 bits per heavy atom. The molecule has 9 nitrogen and oxygen atoms in total. The van der Waals surface area contributed by atoms with Gasteiger partial charge in [-0.1, -0.05) is 60.7 Å². The zero-order valence-corrected chi connectivity index (χ0v) is 29.8. The van der Waals surface area contributed by atoms with E-state index < -0.39 is 23.0 Å². The van der Waals surface area contributed by atoms with Crippen molar-refractivity contribution in [3.8, 4) is 17.6 Å². The van der Waals surface area contributed by atoms with Gasteiger partial charge in [-0.15, -0.1) is 0 Å². The van der Waals surface area contributed by atoms with E-state index >= 15 is 0 Å². The summed E-state index contributed by atoms with van der Waals surface area (Å²) in [6.45, 7) is 4.01. The highest BCUT2D eigenvalue weighted by atomic mass is 19.1. The molecule has 5 aromatic carbocycles. The number of fused-ring (bicyclic) bond motifs is 1. The lowest BCUT2D eigenvalue weighted by Crippen LogP contribution is -2.37. The standard InChI is InChI=1S/C43H40FN3O6/c1-27-14-15-35(40(48)46-25-28-8-6-12-32(44)21-28)37(20-27)47-41(49)36-23-38(31(24-45)22-39(36)51-3)53-33-16-18-43(2,19-17-33)42(50)52-26-30-11-7-10-29-9-4-5-13-34(29)30/h4-15,20-23,33H,16-19,25-26H2,1-3H3,(H,46,48)(H,47,49)/t33-,43+. The number of nitriles is 1. The number of amides is 2. The number of aryl methyl sites for hydroxylation is 1. The van der Waals surface area contributed by atoms with Crippen LogP contribution < -0.4 is 20.1 Å². The molecular weight excluding hydrogens is 673 g/mol. The Bertz CT molecular complexity index is 2220. The summed E-state index contributed by atoms with van der Waals surface area (Å²) >= 11 is 0. The van der Waals surface area contributed by atoms with Crippen molar-refractivity contribution in [3.63, 3.8) is 0 Å². The summed E-state index contributed by atoms with van der Waals surface area (Å²) in [5, 5.41) is 17.7. The fourth-order valence-electron chi connectivity index (χ4n) is 6.63. The first-order valence-electron chi connectivity index (χ1n) is 17.4. The lowest BCUT2D eigenvalue weighted by atomic mass is 9.74. The second-order valence-electron chi connectivity index (χ2n) is 13.6. The van der Waals surface area contributed by atoms with Gasteiger partial charge in [-0.3, -0.25) is 14.4 Å². The summed E-state index contributed by atoms with van der Waals surface area (Å²) in [6.07, 6.45) is 1.81. The van der Waals surface area contributed by atoms with Crippen molar-refractivity contribution in [3.05, 3.63) is 136 Å². The van der Waals surface area contributed by atoms with Crippen LogP contribution in [0.4, 0.5) is 10.1 Å². The number of esters is 1. The average molecular weight is 714 g/mol. The summed E-state index contributed by atoms with van der Waals surface area (Å²) in [6, 6.07) is 29.9. The van der Waals surface area contributed by atoms with E-state index in [4.69, 9.17) is 14.2 Å². The number of carbonyl (C=O) groups is 3. The van der Waals surface area contributed by atoms with Gasteiger partial charge < -0.3 is 24.8 Å². The van der Waals surface area contributed by atoms with Crippen LogP contribution in [0.2, 0.25) is 0 Å². The van der Waals surface area contributed by atoms with Gasteiger partial charge in [0.1, 0.15) is 30.0 Å². The van der Waals surface area contributed by atoms with Gasteiger partial charge in [0, 0.05) is 12.6 Å². The van der Waals surface area contributed by atoms with E-state index in [9.17, 15) is 24.0 Å². The predicted molar refractivity (Wildman–Crippen MR) is 199 cm³/mol. The highest BCUT2D eigenvalue weighted by molar-refractivity contribution is 6.10. The molecule has 0 radical (unpaired) electrons. The molecule has 270 valence electrons. The van der Waals surface area contributed by atoms with Gasteiger partial charge in [0.05, 0.1) is 41.0 Å². The van der Waals surface area contributed by atoms with Crippen molar-refractivity contribution >= 4 is 34.2 Å². The number of halogens is 1. The molecule has 1 fully saturated rings. The molecular formula is C43H40FN3O6. The Hall–Kier alpha value is -6.21. The zero-order valence-electron chi connectivity index (χ0n) is 29.8. The molecule has 53 heavy (non-hydrogen) atoms. The van der Waals surface area contributed by atoms with Crippen LogP contribution in [-0.4, -0.2) is 31.0 Å². The van der Waals surface area contributed by atoms with Gasteiger partial charge in [-0.25, -0.2) is 4.39 Å². The highest BCUT2D eigenvalue weighted by Gasteiger charge is 2.40. The van der Waals surface area contributed by atoms with Gasteiger partial charge in [0.2, 0.25) is 0 Å². The highest BCUT2D eigenvalue weighted by Crippen LogP contribution is 2.40. The molecule has 1 saturated carbocycles. The lowest BCUT2D eigenvalue weighted by molar-refractivity contribution is -0.159. The van der Waals surface area contributed by atoms with E-state index in [0.717, 1.165) is 21.9 Å². The molecule has 0 spiro atoms. The first-order chi connectivity index (χ1) is 25.6. The molecule has 0 atom stereocenters. The number of hydrogen-bond donors (Lipinski definition) is 2. The number of nitrogens with zero attached hydrogens (tertiary/aromatic N) is 1. The summed E-state index contributed by atoms with van der Waals surface area (Å²) in [4.78, 5) is 40.3. The van der Waals surface area contributed by atoms with Crippen molar-refractivity contribution < 1.29 is 33.0 Å². The van der Waals surface area contributed by atoms with Crippen molar-refractivity contribution in [1.82, 2.24) is 5.32 Å². The molecule has 1 aliphatic rings. The maximum Gasteiger partial charge on any atom is 0.312 e. The van der Waals surface area contributed by atoms with Gasteiger partial charge in [0.15, 0.2) is 0 Å². The molecule has 1 aliphatic carbocycles. The van der Waals surface area contributed by atoms with Crippen LogP contribution in [0.1, 0.15) is 75.6 Å².